The standard InChI is InChI=1S/C12H24N2O2/c1-10-9-11(5-7-13-10)12(16)14-6-3-2-4-8-15/h10-11,13,15H,2-9H2,1H3,(H,14,16). The number of piperidine rings is 1. The van der Waals surface area contributed by atoms with Crippen molar-refractivity contribution >= 4 is 5.91 Å². The smallest absolute Gasteiger partial charge is 0.223 e. The first-order valence-electron chi connectivity index (χ1n) is 6.36. The third-order valence-corrected chi connectivity index (χ3v) is 3.13. The zero-order valence-corrected chi connectivity index (χ0v) is 10.2. The molecule has 1 amide bonds. The lowest BCUT2D eigenvalue weighted by Gasteiger charge is -2.27. The van der Waals surface area contributed by atoms with Gasteiger partial charge in [-0.2, -0.15) is 0 Å². The Hall–Kier alpha value is -0.610. The topological polar surface area (TPSA) is 61.4 Å². The summed E-state index contributed by atoms with van der Waals surface area (Å²) in [6, 6.07) is 0.457. The lowest BCUT2D eigenvalue weighted by molar-refractivity contribution is -0.126. The first-order valence-corrected chi connectivity index (χ1v) is 6.36. The van der Waals surface area contributed by atoms with Gasteiger partial charge >= 0.3 is 0 Å². The Kier molecular flexibility index (Phi) is 6.42. The molecule has 16 heavy (non-hydrogen) atoms. The van der Waals surface area contributed by atoms with Gasteiger partial charge in [0, 0.05) is 25.1 Å². The summed E-state index contributed by atoms with van der Waals surface area (Å²) in [6.45, 7) is 4.07. The molecule has 0 aromatic heterocycles. The SMILES string of the molecule is CC1CC(C(=O)NCCCCCO)CCN1. The molecule has 2 unspecified atom stereocenters. The molecular weight excluding hydrogens is 204 g/mol. The highest BCUT2D eigenvalue weighted by Crippen LogP contribution is 2.15. The summed E-state index contributed by atoms with van der Waals surface area (Å²) in [5.41, 5.74) is 0. The van der Waals surface area contributed by atoms with Crippen molar-refractivity contribution in [2.75, 3.05) is 19.7 Å². The highest BCUT2D eigenvalue weighted by Gasteiger charge is 2.23. The molecule has 0 radical (unpaired) electrons. The van der Waals surface area contributed by atoms with Crippen LogP contribution < -0.4 is 10.6 Å². The Bertz CT molecular complexity index is 209. The summed E-state index contributed by atoms with van der Waals surface area (Å²) >= 11 is 0. The van der Waals surface area contributed by atoms with Crippen LogP contribution in [0.25, 0.3) is 0 Å². The average molecular weight is 228 g/mol. The van der Waals surface area contributed by atoms with E-state index < -0.39 is 0 Å². The summed E-state index contributed by atoms with van der Waals surface area (Å²) in [7, 11) is 0. The molecule has 1 rings (SSSR count). The molecule has 0 aliphatic carbocycles. The van der Waals surface area contributed by atoms with Crippen molar-refractivity contribution in [2.24, 2.45) is 5.92 Å². The van der Waals surface area contributed by atoms with Crippen LogP contribution in [0.2, 0.25) is 0 Å². The maximum atomic E-state index is 11.8. The minimum atomic E-state index is 0.189. The largest absolute Gasteiger partial charge is 0.396 e. The molecule has 1 saturated heterocycles. The van der Waals surface area contributed by atoms with Crippen molar-refractivity contribution in [2.45, 2.75) is 45.1 Å². The third kappa shape index (κ3) is 4.94. The first kappa shape index (κ1) is 13.5. The second kappa shape index (κ2) is 7.63. The van der Waals surface area contributed by atoms with E-state index in [0.29, 0.717) is 6.04 Å². The predicted molar refractivity (Wildman–Crippen MR) is 64.1 cm³/mol. The highest BCUT2D eigenvalue weighted by molar-refractivity contribution is 5.78. The lowest BCUT2D eigenvalue weighted by Crippen LogP contribution is -2.42. The van der Waals surface area contributed by atoms with E-state index in [4.69, 9.17) is 5.11 Å². The van der Waals surface area contributed by atoms with Crippen LogP contribution >= 0.6 is 0 Å². The van der Waals surface area contributed by atoms with E-state index in [9.17, 15) is 4.79 Å². The van der Waals surface area contributed by atoms with Gasteiger partial charge in [-0.05, 0) is 45.6 Å². The maximum absolute atomic E-state index is 11.8. The number of unbranched alkanes of at least 4 members (excludes halogenated alkanes) is 2. The molecule has 4 heteroatoms. The molecule has 94 valence electrons. The summed E-state index contributed by atoms with van der Waals surface area (Å²) in [6.07, 6.45) is 4.68. The number of rotatable bonds is 6. The Morgan fingerprint density at radius 3 is 2.94 bits per heavy atom. The van der Waals surface area contributed by atoms with Crippen molar-refractivity contribution in [3.05, 3.63) is 0 Å². The zero-order valence-electron chi connectivity index (χ0n) is 10.2. The second-order valence-corrected chi connectivity index (χ2v) is 4.65. The van der Waals surface area contributed by atoms with Gasteiger partial charge in [0.25, 0.3) is 0 Å². The molecule has 1 heterocycles. The van der Waals surface area contributed by atoms with Crippen LogP contribution in [0.4, 0.5) is 0 Å². The van der Waals surface area contributed by atoms with Crippen molar-refractivity contribution in [3.8, 4) is 0 Å². The van der Waals surface area contributed by atoms with E-state index in [1.165, 1.54) is 0 Å². The molecule has 1 aliphatic rings. The molecule has 1 aliphatic heterocycles. The van der Waals surface area contributed by atoms with Crippen molar-refractivity contribution in [1.29, 1.82) is 0 Å². The molecule has 0 aromatic rings. The predicted octanol–water partition coefficient (Wildman–Crippen LogP) is 0.653. The van der Waals surface area contributed by atoms with Crippen LogP contribution in [0.1, 0.15) is 39.0 Å². The Labute approximate surface area is 97.8 Å². The van der Waals surface area contributed by atoms with Crippen molar-refractivity contribution in [3.63, 3.8) is 0 Å². The van der Waals surface area contributed by atoms with Gasteiger partial charge in [-0.1, -0.05) is 0 Å². The minimum Gasteiger partial charge on any atom is -0.396 e. The normalized spacial score (nSPS) is 25.4. The maximum Gasteiger partial charge on any atom is 0.223 e. The van der Waals surface area contributed by atoms with Crippen LogP contribution in [-0.2, 0) is 4.79 Å². The van der Waals surface area contributed by atoms with Gasteiger partial charge in [-0.25, -0.2) is 0 Å². The molecule has 4 nitrogen and oxygen atoms in total. The molecule has 3 N–H and O–H groups in total. The summed E-state index contributed by atoms with van der Waals surface area (Å²) < 4.78 is 0. The van der Waals surface area contributed by atoms with E-state index >= 15 is 0 Å². The number of nitrogens with one attached hydrogen (secondary N) is 2. The molecule has 0 spiro atoms. The number of aliphatic hydroxyl groups excluding tert-OH is 1. The highest BCUT2D eigenvalue weighted by atomic mass is 16.2. The lowest BCUT2D eigenvalue weighted by atomic mass is 9.92. The zero-order chi connectivity index (χ0) is 11.8. The number of hydrogen-bond acceptors (Lipinski definition) is 3. The van der Waals surface area contributed by atoms with Crippen molar-refractivity contribution in [1.82, 2.24) is 10.6 Å². The van der Waals surface area contributed by atoms with Gasteiger partial charge in [0.15, 0.2) is 0 Å². The summed E-state index contributed by atoms with van der Waals surface area (Å²) in [5, 5.41) is 14.9. The molecule has 1 fully saturated rings. The second-order valence-electron chi connectivity index (χ2n) is 4.65. The van der Waals surface area contributed by atoms with Gasteiger partial charge in [0.2, 0.25) is 5.91 Å². The van der Waals surface area contributed by atoms with E-state index in [2.05, 4.69) is 17.6 Å². The van der Waals surface area contributed by atoms with Crippen LogP contribution in [0, 0.1) is 5.92 Å². The third-order valence-electron chi connectivity index (χ3n) is 3.13. The van der Waals surface area contributed by atoms with Crippen LogP contribution in [0.15, 0.2) is 0 Å². The van der Waals surface area contributed by atoms with Gasteiger partial charge < -0.3 is 15.7 Å². The fraction of sp³-hybridized carbons (Fsp3) is 0.917. The van der Waals surface area contributed by atoms with Crippen LogP contribution in [0.3, 0.4) is 0 Å². The Balaban J connectivity index is 2.09. The molecular formula is C12H24N2O2. The Morgan fingerprint density at radius 1 is 1.44 bits per heavy atom. The number of amides is 1. The van der Waals surface area contributed by atoms with Gasteiger partial charge in [-0.3, -0.25) is 4.79 Å². The van der Waals surface area contributed by atoms with Crippen LogP contribution in [-0.4, -0.2) is 36.8 Å². The molecule has 0 aromatic carbocycles. The van der Waals surface area contributed by atoms with Gasteiger partial charge in [-0.15, -0.1) is 0 Å². The number of carbonyl (C=O) groups is 1. The molecule has 0 saturated carbocycles. The van der Waals surface area contributed by atoms with E-state index in [-0.39, 0.29) is 18.4 Å². The summed E-state index contributed by atoms with van der Waals surface area (Å²) in [4.78, 5) is 11.8. The van der Waals surface area contributed by atoms with E-state index in [1.807, 2.05) is 0 Å². The van der Waals surface area contributed by atoms with E-state index in [0.717, 1.165) is 45.2 Å². The van der Waals surface area contributed by atoms with Gasteiger partial charge in [0.05, 0.1) is 0 Å². The molecule has 0 bridgehead atoms. The monoisotopic (exact) mass is 228 g/mol. The van der Waals surface area contributed by atoms with Gasteiger partial charge in [0.1, 0.15) is 0 Å². The Morgan fingerprint density at radius 2 is 2.25 bits per heavy atom. The minimum absolute atomic E-state index is 0.189. The average Bonchev–Trinajstić information content (AvgIpc) is 2.28. The fourth-order valence-electron chi connectivity index (χ4n) is 2.14. The number of hydrogen-bond donors (Lipinski definition) is 3. The van der Waals surface area contributed by atoms with Crippen molar-refractivity contribution < 1.29 is 9.90 Å². The number of carbonyl (C=O) groups excluding carboxylic acids is 1. The van der Waals surface area contributed by atoms with E-state index in [1.54, 1.807) is 0 Å². The quantitative estimate of drug-likeness (QED) is 0.585. The number of aliphatic hydroxyl groups is 1. The summed E-state index contributed by atoms with van der Waals surface area (Å²) in [5.74, 6) is 0.395. The fourth-order valence-corrected chi connectivity index (χ4v) is 2.14. The first-order chi connectivity index (χ1) is 7.74. The molecule has 2 atom stereocenters. The van der Waals surface area contributed by atoms with Crippen LogP contribution in [0.5, 0.6) is 0 Å².